The van der Waals surface area contributed by atoms with Gasteiger partial charge in [0.25, 0.3) is 0 Å². The van der Waals surface area contributed by atoms with Crippen molar-refractivity contribution in [2.24, 2.45) is 0 Å². The van der Waals surface area contributed by atoms with Crippen molar-refractivity contribution in [3.8, 4) is 17.0 Å². The molecule has 8 heteroatoms. The van der Waals surface area contributed by atoms with Gasteiger partial charge in [0.1, 0.15) is 35.2 Å². The van der Waals surface area contributed by atoms with Crippen LogP contribution in [0.4, 0.5) is 11.5 Å². The number of hydrogen-bond donors (Lipinski definition) is 3. The number of nitrogens with zero attached hydrogens (tertiary/aromatic N) is 3. The van der Waals surface area contributed by atoms with Gasteiger partial charge in [-0.15, -0.1) is 0 Å². The van der Waals surface area contributed by atoms with Gasteiger partial charge >= 0.3 is 0 Å². The minimum atomic E-state index is -0.496. The fraction of sp³-hybridized carbons (Fsp3) is 0.321. The average Bonchev–Trinajstić information content (AvgIpc) is 3.21. The van der Waals surface area contributed by atoms with Crippen molar-refractivity contribution < 1.29 is 14.6 Å². The Balaban J connectivity index is 1.32. The molecule has 186 valence electrons. The third-order valence-corrected chi connectivity index (χ3v) is 6.59. The van der Waals surface area contributed by atoms with E-state index in [1.54, 1.807) is 13.1 Å². The Morgan fingerprint density at radius 2 is 2.08 bits per heavy atom. The number of aliphatic hydroxyl groups excluding tert-OH is 1. The first-order valence-electron chi connectivity index (χ1n) is 12.4. The molecule has 1 unspecified atom stereocenters. The summed E-state index contributed by atoms with van der Waals surface area (Å²) < 4.78 is 8.17. The highest BCUT2D eigenvalue weighted by Gasteiger charge is 2.27. The largest absolute Gasteiger partial charge is 0.489 e. The number of imidazole rings is 1. The number of anilines is 2. The standard InChI is InChI=1S/C28H31N5O3/c1-18(34)11-12-24(35)31-22-9-2-5-19(15-22)17-36-23-10-4-8-21(16-23)25-26-27(29)30-13-14-33(26)28(32-25)20-6-3-7-20/h2,4-5,8-10,13-16,18,20,34H,3,6-7,11-12,17H2,1H3,(H2,29,30)(H,31,35). The number of aromatic nitrogens is 3. The Morgan fingerprint density at radius 1 is 1.25 bits per heavy atom. The Morgan fingerprint density at radius 3 is 2.86 bits per heavy atom. The Bertz CT molecular complexity index is 1380. The molecule has 1 amide bonds. The van der Waals surface area contributed by atoms with Crippen molar-refractivity contribution in [3.63, 3.8) is 0 Å². The van der Waals surface area contributed by atoms with Crippen molar-refractivity contribution in [1.82, 2.24) is 14.4 Å². The zero-order valence-electron chi connectivity index (χ0n) is 20.4. The first-order chi connectivity index (χ1) is 17.5. The lowest BCUT2D eigenvalue weighted by atomic mass is 9.85. The van der Waals surface area contributed by atoms with Crippen molar-refractivity contribution in [2.45, 2.75) is 57.7 Å². The molecule has 1 atom stereocenters. The lowest BCUT2D eigenvalue weighted by Gasteiger charge is -2.23. The molecule has 2 heterocycles. The van der Waals surface area contributed by atoms with Crippen LogP contribution in [0.5, 0.6) is 5.75 Å². The highest BCUT2D eigenvalue weighted by atomic mass is 16.5. The number of nitrogen functional groups attached to an aromatic ring is 1. The van der Waals surface area contributed by atoms with Crippen LogP contribution in [-0.4, -0.2) is 31.5 Å². The number of nitrogens with two attached hydrogens (primary N) is 1. The highest BCUT2D eigenvalue weighted by Crippen LogP contribution is 2.39. The van der Waals surface area contributed by atoms with Crippen molar-refractivity contribution in [3.05, 3.63) is 72.3 Å². The maximum absolute atomic E-state index is 12.1. The van der Waals surface area contributed by atoms with Crippen molar-refractivity contribution in [2.75, 3.05) is 11.1 Å². The van der Waals surface area contributed by atoms with E-state index in [9.17, 15) is 9.90 Å². The summed E-state index contributed by atoms with van der Waals surface area (Å²) in [7, 11) is 0. The summed E-state index contributed by atoms with van der Waals surface area (Å²) in [5.41, 5.74) is 10.5. The van der Waals surface area contributed by atoms with Gasteiger partial charge in [0, 0.05) is 36.0 Å². The van der Waals surface area contributed by atoms with E-state index in [1.807, 2.05) is 54.7 Å². The molecule has 2 aromatic heterocycles. The van der Waals surface area contributed by atoms with E-state index in [0.29, 0.717) is 36.2 Å². The molecule has 5 rings (SSSR count). The van der Waals surface area contributed by atoms with Crippen LogP contribution < -0.4 is 15.8 Å². The lowest BCUT2D eigenvalue weighted by molar-refractivity contribution is -0.116. The molecule has 0 spiro atoms. The minimum absolute atomic E-state index is 0.121. The molecule has 1 fully saturated rings. The number of rotatable bonds is 9. The van der Waals surface area contributed by atoms with Gasteiger partial charge in [-0.2, -0.15) is 0 Å². The van der Waals surface area contributed by atoms with Gasteiger partial charge in [0.05, 0.1) is 6.10 Å². The minimum Gasteiger partial charge on any atom is -0.489 e. The van der Waals surface area contributed by atoms with Crippen LogP contribution in [-0.2, 0) is 11.4 Å². The van der Waals surface area contributed by atoms with E-state index in [0.717, 1.165) is 41.0 Å². The molecule has 36 heavy (non-hydrogen) atoms. The van der Waals surface area contributed by atoms with Crippen molar-refractivity contribution >= 4 is 22.9 Å². The number of fused-ring (bicyclic) bond motifs is 1. The number of carbonyl (C=O) groups is 1. The van der Waals surface area contributed by atoms with E-state index in [2.05, 4.69) is 14.7 Å². The van der Waals surface area contributed by atoms with E-state index in [-0.39, 0.29) is 12.3 Å². The maximum atomic E-state index is 12.1. The molecule has 1 aliphatic carbocycles. The number of ether oxygens (including phenoxy) is 1. The second-order valence-corrected chi connectivity index (χ2v) is 9.43. The summed E-state index contributed by atoms with van der Waals surface area (Å²) >= 11 is 0. The molecule has 2 aromatic carbocycles. The molecular formula is C28H31N5O3. The number of hydrogen-bond acceptors (Lipinski definition) is 6. The summed E-state index contributed by atoms with van der Waals surface area (Å²) in [6.07, 6.45) is 7.38. The second kappa shape index (κ2) is 10.4. The molecule has 0 radical (unpaired) electrons. The number of carbonyl (C=O) groups excluding carboxylic acids is 1. The van der Waals surface area contributed by atoms with Gasteiger partial charge in [0.15, 0.2) is 0 Å². The third kappa shape index (κ3) is 5.18. The summed E-state index contributed by atoms with van der Waals surface area (Å²) in [6, 6.07) is 15.4. The van der Waals surface area contributed by atoms with Gasteiger partial charge in [-0.3, -0.25) is 9.20 Å². The predicted molar refractivity (Wildman–Crippen MR) is 140 cm³/mol. The van der Waals surface area contributed by atoms with Crippen LogP contribution in [0.1, 0.15) is 56.3 Å². The molecule has 0 bridgehead atoms. The first kappa shape index (κ1) is 23.8. The van der Waals surface area contributed by atoms with E-state index in [4.69, 9.17) is 15.5 Å². The molecule has 4 aromatic rings. The predicted octanol–water partition coefficient (Wildman–Crippen LogP) is 4.92. The molecule has 1 saturated carbocycles. The summed E-state index contributed by atoms with van der Waals surface area (Å²) in [5, 5.41) is 12.3. The van der Waals surface area contributed by atoms with Gasteiger partial charge < -0.3 is 20.9 Å². The topological polar surface area (TPSA) is 115 Å². The second-order valence-electron chi connectivity index (χ2n) is 9.43. The Labute approximate surface area is 210 Å². The third-order valence-electron chi connectivity index (χ3n) is 6.59. The quantitative estimate of drug-likeness (QED) is 0.310. The number of benzene rings is 2. The van der Waals surface area contributed by atoms with Gasteiger partial charge in [-0.1, -0.05) is 30.7 Å². The van der Waals surface area contributed by atoms with E-state index in [1.165, 1.54) is 6.42 Å². The summed E-state index contributed by atoms with van der Waals surface area (Å²) in [4.78, 5) is 21.4. The molecule has 0 aliphatic heterocycles. The number of aliphatic hydroxyl groups is 1. The average molecular weight is 486 g/mol. The molecule has 8 nitrogen and oxygen atoms in total. The van der Waals surface area contributed by atoms with E-state index >= 15 is 0 Å². The van der Waals surface area contributed by atoms with E-state index < -0.39 is 6.10 Å². The van der Waals surface area contributed by atoms with Crippen LogP contribution in [0.2, 0.25) is 0 Å². The van der Waals surface area contributed by atoms with Crippen LogP contribution in [0, 0.1) is 0 Å². The maximum Gasteiger partial charge on any atom is 0.224 e. The fourth-order valence-electron chi connectivity index (χ4n) is 4.44. The molecule has 0 saturated heterocycles. The summed E-state index contributed by atoms with van der Waals surface area (Å²) in [6.45, 7) is 2.02. The lowest BCUT2D eigenvalue weighted by Crippen LogP contribution is -2.14. The van der Waals surface area contributed by atoms with Crippen LogP contribution in [0.15, 0.2) is 60.9 Å². The van der Waals surface area contributed by atoms with Crippen molar-refractivity contribution in [1.29, 1.82) is 0 Å². The van der Waals surface area contributed by atoms with Crippen LogP contribution in [0.3, 0.4) is 0 Å². The Kier molecular flexibility index (Phi) is 6.86. The number of amides is 1. The van der Waals surface area contributed by atoms with Gasteiger partial charge in [-0.25, -0.2) is 9.97 Å². The highest BCUT2D eigenvalue weighted by molar-refractivity contribution is 5.90. The normalized spacial score (nSPS) is 14.4. The SMILES string of the molecule is CC(O)CCC(=O)Nc1cccc(COc2cccc(-c3nc(C4CCC4)n4ccnc(N)c34)c2)c1. The molecule has 1 aliphatic rings. The monoisotopic (exact) mass is 485 g/mol. The summed E-state index contributed by atoms with van der Waals surface area (Å²) in [5.74, 6) is 2.55. The van der Waals surface area contributed by atoms with Gasteiger partial charge in [-0.05, 0) is 56.0 Å². The molecule has 4 N–H and O–H groups in total. The van der Waals surface area contributed by atoms with Crippen LogP contribution in [0.25, 0.3) is 16.8 Å². The zero-order chi connectivity index (χ0) is 25.1. The smallest absolute Gasteiger partial charge is 0.224 e. The zero-order valence-corrected chi connectivity index (χ0v) is 20.4. The van der Waals surface area contributed by atoms with Crippen LogP contribution >= 0.6 is 0 Å². The first-order valence-corrected chi connectivity index (χ1v) is 12.4. The Hall–Kier alpha value is -3.91. The number of nitrogens with one attached hydrogen (secondary N) is 1. The molecular weight excluding hydrogens is 454 g/mol. The fourth-order valence-corrected chi connectivity index (χ4v) is 4.44. The van der Waals surface area contributed by atoms with Gasteiger partial charge in [0.2, 0.25) is 5.91 Å².